The van der Waals surface area contributed by atoms with Crippen molar-refractivity contribution >= 4 is 22.6 Å². The van der Waals surface area contributed by atoms with Gasteiger partial charge in [0, 0.05) is 3.42 Å². The van der Waals surface area contributed by atoms with Crippen molar-refractivity contribution in [1.29, 1.82) is 0 Å². The monoisotopic (exact) mass is 414 g/mol. The molecule has 22 heavy (non-hydrogen) atoms. The van der Waals surface area contributed by atoms with Crippen LogP contribution in [0.5, 0.6) is 5.75 Å². The fourth-order valence-corrected chi connectivity index (χ4v) is 3.61. The Morgan fingerprint density at radius 1 is 1.14 bits per heavy atom. The second-order valence-electron chi connectivity index (χ2n) is 7.80. The molecule has 0 bridgehead atoms. The number of phenolic OH excluding ortho intramolecular Hbond substituents is 1. The number of halogens is 1. The van der Waals surface area contributed by atoms with Crippen molar-refractivity contribution in [2.75, 3.05) is 0 Å². The predicted molar refractivity (Wildman–Crippen MR) is 104 cm³/mol. The molecule has 1 fully saturated rings. The van der Waals surface area contributed by atoms with Crippen LogP contribution in [0.25, 0.3) is 0 Å². The minimum Gasteiger partial charge on any atom is -0.507 e. The molecule has 1 aromatic rings. The van der Waals surface area contributed by atoms with Gasteiger partial charge in [-0.2, -0.15) is 0 Å². The van der Waals surface area contributed by atoms with Gasteiger partial charge in [-0.3, -0.25) is 0 Å². The van der Waals surface area contributed by atoms with Crippen molar-refractivity contribution in [3.63, 3.8) is 0 Å². The largest absolute Gasteiger partial charge is 0.507 e. The van der Waals surface area contributed by atoms with Gasteiger partial charge in [0.05, 0.1) is 0 Å². The van der Waals surface area contributed by atoms with Crippen molar-refractivity contribution in [1.82, 2.24) is 0 Å². The summed E-state index contributed by atoms with van der Waals surface area (Å²) in [6, 6.07) is 6.31. The van der Waals surface area contributed by atoms with E-state index in [2.05, 4.69) is 61.6 Å². The van der Waals surface area contributed by atoms with Gasteiger partial charge in [-0.05, 0) is 67.9 Å². The van der Waals surface area contributed by atoms with Crippen LogP contribution in [0, 0.1) is 5.41 Å². The highest BCUT2D eigenvalue weighted by Gasteiger charge is 2.38. The molecule has 0 aliphatic heterocycles. The minimum absolute atomic E-state index is 0.423. The first-order valence-electron chi connectivity index (χ1n) is 8.84. The molecular formula is C20H31IO. The smallest absolute Gasteiger partial charge is 0.121 e. The van der Waals surface area contributed by atoms with Crippen LogP contribution < -0.4 is 0 Å². The van der Waals surface area contributed by atoms with Crippen molar-refractivity contribution in [2.45, 2.75) is 82.0 Å². The molecule has 1 aliphatic carbocycles. The highest BCUT2D eigenvalue weighted by atomic mass is 127. The molecule has 0 heterocycles. The summed E-state index contributed by atoms with van der Waals surface area (Å²) in [5, 5.41) is 10.5. The standard InChI is InChI=1S/C20H31IO/c1-4-19(2,3)12-6-10-16-8-5-9-17(18(16)22)11-7-13-20(21)14-15-20/h5,8-9,22H,4,6-7,10-15H2,1-3H3. The van der Waals surface area contributed by atoms with Gasteiger partial charge < -0.3 is 5.11 Å². The van der Waals surface area contributed by atoms with Crippen molar-refractivity contribution < 1.29 is 5.11 Å². The summed E-state index contributed by atoms with van der Waals surface area (Å²) >= 11 is 2.61. The van der Waals surface area contributed by atoms with Crippen LogP contribution in [0.3, 0.4) is 0 Å². The van der Waals surface area contributed by atoms with Crippen LogP contribution in [0.2, 0.25) is 0 Å². The minimum atomic E-state index is 0.423. The Balaban J connectivity index is 1.85. The lowest BCUT2D eigenvalue weighted by Gasteiger charge is -2.22. The van der Waals surface area contributed by atoms with E-state index in [9.17, 15) is 5.11 Å². The Bertz CT molecular complexity index is 488. The number of phenols is 1. The van der Waals surface area contributed by atoms with Crippen LogP contribution in [0.1, 0.15) is 76.8 Å². The molecule has 0 amide bonds. The van der Waals surface area contributed by atoms with Crippen LogP contribution in [0.15, 0.2) is 18.2 Å². The maximum absolute atomic E-state index is 10.5. The van der Waals surface area contributed by atoms with E-state index in [0.29, 0.717) is 14.6 Å². The number of aryl methyl sites for hydroxylation is 2. The molecule has 1 aromatic carbocycles. The topological polar surface area (TPSA) is 20.2 Å². The van der Waals surface area contributed by atoms with Crippen molar-refractivity contribution in [2.24, 2.45) is 5.41 Å². The van der Waals surface area contributed by atoms with Crippen LogP contribution in [0.4, 0.5) is 0 Å². The quantitative estimate of drug-likeness (QED) is 0.364. The number of rotatable bonds is 9. The van der Waals surface area contributed by atoms with Crippen LogP contribution in [-0.2, 0) is 12.8 Å². The normalized spacial score (nSPS) is 16.7. The summed E-state index contributed by atoms with van der Waals surface area (Å²) < 4.78 is 0.594. The number of hydrogen-bond donors (Lipinski definition) is 1. The van der Waals surface area contributed by atoms with Gasteiger partial charge >= 0.3 is 0 Å². The molecule has 0 spiro atoms. The van der Waals surface area contributed by atoms with Crippen LogP contribution >= 0.6 is 22.6 Å². The van der Waals surface area contributed by atoms with E-state index in [0.717, 1.165) is 30.4 Å². The number of aromatic hydroxyl groups is 1. The Morgan fingerprint density at radius 3 is 2.27 bits per heavy atom. The molecule has 1 N–H and O–H groups in total. The van der Waals surface area contributed by atoms with E-state index in [1.54, 1.807) is 0 Å². The summed E-state index contributed by atoms with van der Waals surface area (Å²) in [6.45, 7) is 6.93. The van der Waals surface area contributed by atoms with E-state index in [-0.39, 0.29) is 0 Å². The van der Waals surface area contributed by atoms with Gasteiger partial charge in [0.2, 0.25) is 0 Å². The molecule has 2 heteroatoms. The first-order valence-corrected chi connectivity index (χ1v) is 9.92. The first-order chi connectivity index (χ1) is 10.4. The Labute approximate surface area is 150 Å². The number of alkyl halides is 1. The average Bonchev–Trinajstić information content (AvgIpc) is 3.20. The zero-order valence-electron chi connectivity index (χ0n) is 14.4. The maximum Gasteiger partial charge on any atom is 0.121 e. The third-order valence-electron chi connectivity index (χ3n) is 5.32. The number of hydrogen-bond acceptors (Lipinski definition) is 1. The molecule has 0 aromatic heterocycles. The molecule has 124 valence electrons. The second kappa shape index (κ2) is 7.55. The molecule has 1 aliphatic rings. The van der Waals surface area contributed by atoms with Gasteiger partial charge in [0.1, 0.15) is 5.75 Å². The number of para-hydroxylation sites is 1. The SMILES string of the molecule is CCC(C)(C)CCCc1cccc(CCCC2(I)CC2)c1O. The highest BCUT2D eigenvalue weighted by Crippen LogP contribution is 2.49. The molecule has 0 radical (unpaired) electrons. The van der Waals surface area contributed by atoms with Gasteiger partial charge in [0.15, 0.2) is 0 Å². The predicted octanol–water partition coefficient (Wildman–Crippen LogP) is 6.44. The summed E-state index contributed by atoms with van der Waals surface area (Å²) in [4.78, 5) is 0. The summed E-state index contributed by atoms with van der Waals surface area (Å²) in [5.74, 6) is 0.565. The molecule has 0 saturated heterocycles. The van der Waals surface area contributed by atoms with E-state index in [4.69, 9.17) is 0 Å². The summed E-state index contributed by atoms with van der Waals surface area (Å²) in [6.07, 6.45) is 10.9. The Kier molecular flexibility index (Phi) is 6.21. The van der Waals surface area contributed by atoms with Gasteiger partial charge in [-0.25, -0.2) is 0 Å². The molecule has 0 atom stereocenters. The third-order valence-corrected chi connectivity index (χ3v) is 6.94. The lowest BCUT2D eigenvalue weighted by Crippen LogP contribution is -2.09. The lowest BCUT2D eigenvalue weighted by molar-refractivity contribution is 0.312. The fourth-order valence-electron chi connectivity index (χ4n) is 2.96. The third kappa shape index (κ3) is 5.43. The number of benzene rings is 1. The Hall–Kier alpha value is -0.250. The maximum atomic E-state index is 10.5. The van der Waals surface area contributed by atoms with Crippen molar-refractivity contribution in [3.05, 3.63) is 29.3 Å². The zero-order chi connectivity index (χ0) is 16.2. The first kappa shape index (κ1) is 18.1. The zero-order valence-corrected chi connectivity index (χ0v) is 16.6. The highest BCUT2D eigenvalue weighted by molar-refractivity contribution is 14.1. The molecule has 1 saturated carbocycles. The second-order valence-corrected chi connectivity index (χ2v) is 10.1. The van der Waals surface area contributed by atoms with Gasteiger partial charge in [-0.15, -0.1) is 0 Å². The summed E-state index contributed by atoms with van der Waals surface area (Å²) in [5.41, 5.74) is 2.71. The Morgan fingerprint density at radius 2 is 1.73 bits per heavy atom. The van der Waals surface area contributed by atoms with Gasteiger partial charge in [-0.1, -0.05) is 68.0 Å². The lowest BCUT2D eigenvalue weighted by atomic mass is 9.84. The molecule has 1 nitrogen and oxygen atoms in total. The van der Waals surface area contributed by atoms with Gasteiger partial charge in [0.25, 0.3) is 0 Å². The van der Waals surface area contributed by atoms with E-state index >= 15 is 0 Å². The van der Waals surface area contributed by atoms with E-state index < -0.39 is 0 Å². The van der Waals surface area contributed by atoms with E-state index in [1.807, 2.05) is 0 Å². The van der Waals surface area contributed by atoms with Crippen molar-refractivity contribution in [3.8, 4) is 5.75 Å². The van der Waals surface area contributed by atoms with E-state index in [1.165, 1.54) is 38.5 Å². The fraction of sp³-hybridized carbons (Fsp3) is 0.700. The molecular weight excluding hydrogens is 383 g/mol. The average molecular weight is 414 g/mol. The molecule has 0 unspecified atom stereocenters. The molecule has 2 rings (SSSR count). The van der Waals surface area contributed by atoms with Crippen LogP contribution in [-0.4, -0.2) is 8.53 Å². The summed E-state index contributed by atoms with van der Waals surface area (Å²) in [7, 11) is 0.